The Labute approximate surface area is 153 Å². The number of nitrogens with one attached hydrogen (secondary N) is 1. The van der Waals surface area contributed by atoms with E-state index in [0.29, 0.717) is 31.4 Å². The van der Waals surface area contributed by atoms with Crippen LogP contribution >= 0.6 is 0 Å². The van der Waals surface area contributed by atoms with Crippen LogP contribution in [0.2, 0.25) is 0 Å². The van der Waals surface area contributed by atoms with Crippen LogP contribution in [0.5, 0.6) is 0 Å². The van der Waals surface area contributed by atoms with Gasteiger partial charge < -0.3 is 14.2 Å². The summed E-state index contributed by atoms with van der Waals surface area (Å²) in [6.45, 7) is 9.10. The Morgan fingerprint density at radius 1 is 1.19 bits per heavy atom. The molecule has 1 N–H and O–H groups in total. The van der Waals surface area contributed by atoms with E-state index < -0.39 is 10.0 Å². The highest BCUT2D eigenvalue weighted by molar-refractivity contribution is 7.89. The molecule has 0 spiro atoms. The highest BCUT2D eigenvalue weighted by Gasteiger charge is 2.20. The Balaban J connectivity index is 1.75. The average Bonchev–Trinajstić information content (AvgIpc) is 3.02. The molecule has 1 aliphatic heterocycles. The molecule has 1 fully saturated rings. The van der Waals surface area contributed by atoms with Gasteiger partial charge in [-0.15, -0.1) is 0 Å². The number of morpholine rings is 1. The van der Waals surface area contributed by atoms with Crippen molar-refractivity contribution in [2.75, 3.05) is 31.2 Å². The first-order valence-electron chi connectivity index (χ1n) is 8.59. The number of rotatable bonds is 6. The molecule has 1 aliphatic rings. The van der Waals surface area contributed by atoms with E-state index in [1.54, 1.807) is 11.5 Å². The molecular weight excluding hydrogens is 356 g/mol. The number of imidazole rings is 1. The molecule has 0 radical (unpaired) electrons. The number of sulfonamides is 1. The van der Waals surface area contributed by atoms with Crippen LogP contribution in [0.4, 0.5) is 5.82 Å². The van der Waals surface area contributed by atoms with Crippen molar-refractivity contribution < 1.29 is 13.2 Å². The second kappa shape index (κ2) is 7.68. The van der Waals surface area contributed by atoms with Gasteiger partial charge in [-0.1, -0.05) is 0 Å². The van der Waals surface area contributed by atoms with Crippen molar-refractivity contribution in [1.82, 2.24) is 24.2 Å². The number of anilines is 1. The lowest BCUT2D eigenvalue weighted by atomic mass is 10.3. The lowest BCUT2D eigenvalue weighted by Crippen LogP contribution is -2.37. The van der Waals surface area contributed by atoms with E-state index in [9.17, 15) is 8.42 Å². The second-order valence-electron chi connectivity index (χ2n) is 6.12. The highest BCUT2D eigenvalue weighted by atomic mass is 32.2. The van der Waals surface area contributed by atoms with Crippen molar-refractivity contribution in [2.24, 2.45) is 0 Å². The molecule has 26 heavy (non-hydrogen) atoms. The zero-order valence-electron chi connectivity index (χ0n) is 15.3. The first kappa shape index (κ1) is 18.7. The van der Waals surface area contributed by atoms with E-state index in [2.05, 4.69) is 24.6 Å². The fourth-order valence-corrected chi connectivity index (χ4v) is 3.79. The summed E-state index contributed by atoms with van der Waals surface area (Å²) in [7, 11) is -3.72. The third kappa shape index (κ3) is 4.19. The van der Waals surface area contributed by atoms with Crippen LogP contribution in [0.15, 0.2) is 17.3 Å². The Morgan fingerprint density at radius 2 is 1.92 bits per heavy atom. The maximum absolute atomic E-state index is 12.5. The van der Waals surface area contributed by atoms with Gasteiger partial charge >= 0.3 is 0 Å². The van der Waals surface area contributed by atoms with Gasteiger partial charge in [-0.05, 0) is 20.8 Å². The molecule has 2 aromatic rings. The molecular formula is C16H24N6O3S. The standard InChI is InChI=1S/C16H24N6O3S/c1-4-21-11-16(19-13(21)3)26(23,24)17-10-14-18-12(2)9-15(20-14)22-5-7-25-8-6-22/h9,11,17H,4-8,10H2,1-3H3. The summed E-state index contributed by atoms with van der Waals surface area (Å²) >= 11 is 0. The summed E-state index contributed by atoms with van der Waals surface area (Å²) in [6.07, 6.45) is 1.54. The minimum Gasteiger partial charge on any atom is -0.378 e. The number of aryl methyl sites for hydroxylation is 3. The van der Waals surface area contributed by atoms with Crippen molar-refractivity contribution >= 4 is 15.8 Å². The van der Waals surface area contributed by atoms with E-state index in [-0.39, 0.29) is 11.6 Å². The predicted octanol–water partition coefficient (Wildman–Crippen LogP) is 0.625. The molecule has 0 unspecified atom stereocenters. The Kier molecular flexibility index (Phi) is 5.54. The van der Waals surface area contributed by atoms with E-state index in [4.69, 9.17) is 4.74 Å². The predicted molar refractivity (Wildman–Crippen MR) is 96.5 cm³/mol. The van der Waals surface area contributed by atoms with E-state index in [1.165, 1.54) is 6.20 Å². The number of hydrogen-bond donors (Lipinski definition) is 1. The molecule has 0 aromatic carbocycles. The van der Waals surface area contributed by atoms with Crippen LogP contribution in [0.1, 0.15) is 24.3 Å². The molecule has 0 amide bonds. The summed E-state index contributed by atoms with van der Waals surface area (Å²) in [5.74, 6) is 1.89. The summed E-state index contributed by atoms with van der Waals surface area (Å²) in [5, 5.41) is 0.0119. The van der Waals surface area contributed by atoms with Gasteiger partial charge in [0.25, 0.3) is 10.0 Å². The molecule has 0 atom stereocenters. The zero-order chi connectivity index (χ0) is 18.7. The Hall–Kier alpha value is -2.04. The van der Waals surface area contributed by atoms with Crippen molar-refractivity contribution in [3.8, 4) is 0 Å². The summed E-state index contributed by atoms with van der Waals surface area (Å²) in [5.41, 5.74) is 0.793. The Bertz CT molecular complexity index is 874. The molecule has 0 aliphatic carbocycles. The second-order valence-corrected chi connectivity index (χ2v) is 7.83. The zero-order valence-corrected chi connectivity index (χ0v) is 16.1. The topological polar surface area (TPSA) is 102 Å². The average molecular weight is 380 g/mol. The van der Waals surface area contributed by atoms with Crippen molar-refractivity contribution in [3.05, 3.63) is 29.6 Å². The first-order chi connectivity index (χ1) is 12.4. The number of ether oxygens (including phenoxy) is 1. The lowest BCUT2D eigenvalue weighted by molar-refractivity contribution is 0.122. The van der Waals surface area contributed by atoms with Crippen molar-refractivity contribution in [1.29, 1.82) is 0 Å². The highest BCUT2D eigenvalue weighted by Crippen LogP contribution is 2.15. The van der Waals surface area contributed by atoms with E-state index >= 15 is 0 Å². The van der Waals surface area contributed by atoms with E-state index in [1.807, 2.05) is 19.9 Å². The molecule has 0 saturated carbocycles. The van der Waals surface area contributed by atoms with Gasteiger partial charge in [-0.3, -0.25) is 0 Å². The van der Waals surface area contributed by atoms with Crippen molar-refractivity contribution in [2.45, 2.75) is 38.9 Å². The first-order valence-corrected chi connectivity index (χ1v) is 10.1. The minimum atomic E-state index is -3.72. The summed E-state index contributed by atoms with van der Waals surface area (Å²) in [6, 6.07) is 1.90. The largest absolute Gasteiger partial charge is 0.378 e. The quantitative estimate of drug-likeness (QED) is 0.784. The molecule has 3 heterocycles. The smallest absolute Gasteiger partial charge is 0.260 e. The van der Waals surface area contributed by atoms with Crippen LogP contribution in [0.25, 0.3) is 0 Å². The van der Waals surface area contributed by atoms with Crippen LogP contribution in [0, 0.1) is 13.8 Å². The maximum atomic E-state index is 12.5. The number of nitrogens with zero attached hydrogens (tertiary/aromatic N) is 5. The van der Waals surface area contributed by atoms with Gasteiger partial charge in [0.2, 0.25) is 0 Å². The maximum Gasteiger partial charge on any atom is 0.260 e. The van der Waals surface area contributed by atoms with Gasteiger partial charge in [0.05, 0.1) is 19.8 Å². The third-order valence-corrected chi connectivity index (χ3v) is 5.48. The van der Waals surface area contributed by atoms with Gasteiger partial charge in [0.1, 0.15) is 17.5 Å². The van der Waals surface area contributed by atoms with E-state index in [0.717, 1.165) is 24.6 Å². The van der Waals surface area contributed by atoms with Crippen LogP contribution in [-0.2, 0) is 27.8 Å². The van der Waals surface area contributed by atoms with Crippen molar-refractivity contribution in [3.63, 3.8) is 0 Å². The molecule has 1 saturated heterocycles. The Morgan fingerprint density at radius 3 is 2.58 bits per heavy atom. The van der Waals surface area contributed by atoms with Crippen LogP contribution in [-0.4, -0.2) is 54.2 Å². The molecule has 3 rings (SSSR count). The number of aromatic nitrogens is 4. The van der Waals surface area contributed by atoms with Gasteiger partial charge in [0, 0.05) is 37.6 Å². The van der Waals surface area contributed by atoms with Gasteiger partial charge in [-0.25, -0.2) is 28.1 Å². The summed E-state index contributed by atoms with van der Waals surface area (Å²) < 4.78 is 34.7. The minimum absolute atomic E-state index is 0.0119. The SMILES string of the molecule is CCn1cc(S(=O)(=O)NCc2nc(C)cc(N3CCOCC3)n2)nc1C. The van der Waals surface area contributed by atoms with Crippen LogP contribution in [0.3, 0.4) is 0 Å². The molecule has 142 valence electrons. The van der Waals surface area contributed by atoms with Gasteiger partial charge in [-0.2, -0.15) is 0 Å². The van der Waals surface area contributed by atoms with Gasteiger partial charge in [0.15, 0.2) is 5.03 Å². The number of hydrogen-bond acceptors (Lipinski definition) is 7. The fourth-order valence-electron chi connectivity index (χ4n) is 2.81. The fraction of sp³-hybridized carbons (Fsp3) is 0.562. The molecule has 0 bridgehead atoms. The molecule has 9 nitrogen and oxygen atoms in total. The molecule has 10 heteroatoms. The molecule has 2 aromatic heterocycles. The normalized spacial score (nSPS) is 15.4. The lowest BCUT2D eigenvalue weighted by Gasteiger charge is -2.28. The summed E-state index contributed by atoms with van der Waals surface area (Å²) in [4.78, 5) is 15.1. The monoisotopic (exact) mass is 380 g/mol. The van der Waals surface area contributed by atoms with Crippen LogP contribution < -0.4 is 9.62 Å². The third-order valence-electron chi connectivity index (χ3n) is 4.21.